The first-order chi connectivity index (χ1) is 8.54. The summed E-state index contributed by atoms with van der Waals surface area (Å²) in [6, 6.07) is 0. The van der Waals surface area contributed by atoms with Crippen molar-refractivity contribution in [2.75, 3.05) is 0 Å². The number of nitrogens with zero attached hydrogens (tertiary/aromatic N) is 1. The standard InChI is InChI=1S/C11H17N3O4.K/c1-2-7-5-13-14-8(7)6-12-11(18)9(15)3-4-10(16)17;/h5,9,15H,2-4,6H2,1H3,(H,12,18)(H,13,14)(H,16,17);/q;+1/p-1/t9-;/m0./s1. The van der Waals surface area contributed by atoms with Crippen molar-refractivity contribution in [3.05, 3.63) is 17.5 Å². The summed E-state index contributed by atoms with van der Waals surface area (Å²) in [5, 5.41) is 28.7. The number of carbonyl (C=O) groups excluding carboxylic acids is 2. The minimum atomic E-state index is -1.34. The van der Waals surface area contributed by atoms with Gasteiger partial charge in [0.2, 0.25) is 5.91 Å². The second-order valence-corrected chi connectivity index (χ2v) is 3.87. The summed E-state index contributed by atoms with van der Waals surface area (Å²) in [5.74, 6) is -1.89. The predicted molar refractivity (Wildman–Crippen MR) is 60.1 cm³/mol. The molecule has 1 aromatic heterocycles. The monoisotopic (exact) mass is 293 g/mol. The number of aliphatic hydroxyl groups excluding tert-OH is 1. The molecule has 1 amide bonds. The van der Waals surface area contributed by atoms with Gasteiger partial charge in [0.25, 0.3) is 0 Å². The molecule has 1 aromatic rings. The minimum Gasteiger partial charge on any atom is -0.550 e. The van der Waals surface area contributed by atoms with Gasteiger partial charge in [0.05, 0.1) is 18.4 Å². The molecule has 0 spiro atoms. The second kappa shape index (κ2) is 9.62. The Morgan fingerprint density at radius 1 is 1.58 bits per heavy atom. The molecule has 3 N–H and O–H groups in total. The van der Waals surface area contributed by atoms with E-state index in [1.54, 1.807) is 6.20 Å². The summed E-state index contributed by atoms with van der Waals surface area (Å²) in [6.45, 7) is 2.19. The van der Waals surface area contributed by atoms with Gasteiger partial charge >= 0.3 is 51.4 Å². The van der Waals surface area contributed by atoms with Gasteiger partial charge in [0, 0.05) is 5.97 Å². The number of aryl methyl sites for hydroxylation is 1. The van der Waals surface area contributed by atoms with Crippen molar-refractivity contribution in [1.29, 1.82) is 0 Å². The van der Waals surface area contributed by atoms with E-state index in [9.17, 15) is 19.8 Å². The molecular weight excluding hydrogens is 277 g/mol. The van der Waals surface area contributed by atoms with Crippen molar-refractivity contribution >= 4 is 11.9 Å². The van der Waals surface area contributed by atoms with Gasteiger partial charge in [-0.1, -0.05) is 6.92 Å². The number of carboxylic acids is 1. The fraction of sp³-hybridized carbons (Fsp3) is 0.545. The molecule has 100 valence electrons. The number of amides is 1. The Morgan fingerprint density at radius 2 is 2.26 bits per heavy atom. The minimum absolute atomic E-state index is 0. The van der Waals surface area contributed by atoms with Gasteiger partial charge in [-0.15, -0.1) is 0 Å². The van der Waals surface area contributed by atoms with Gasteiger partial charge in [-0.2, -0.15) is 5.10 Å². The zero-order chi connectivity index (χ0) is 13.5. The zero-order valence-corrected chi connectivity index (χ0v) is 14.2. The maximum absolute atomic E-state index is 11.4. The Hall–Kier alpha value is -0.254. The molecule has 7 nitrogen and oxygen atoms in total. The summed E-state index contributed by atoms with van der Waals surface area (Å²) < 4.78 is 0. The van der Waals surface area contributed by atoms with Crippen LogP contribution in [0, 0.1) is 0 Å². The molecule has 1 heterocycles. The van der Waals surface area contributed by atoms with Crippen LogP contribution in [0.4, 0.5) is 0 Å². The zero-order valence-electron chi connectivity index (χ0n) is 11.1. The van der Waals surface area contributed by atoms with Crippen LogP contribution in [0.2, 0.25) is 0 Å². The van der Waals surface area contributed by atoms with Crippen molar-refractivity contribution in [3.8, 4) is 0 Å². The third-order valence-electron chi connectivity index (χ3n) is 2.55. The third kappa shape index (κ3) is 6.64. The van der Waals surface area contributed by atoms with E-state index >= 15 is 0 Å². The molecule has 19 heavy (non-hydrogen) atoms. The topological polar surface area (TPSA) is 118 Å². The quantitative estimate of drug-likeness (QED) is 0.438. The van der Waals surface area contributed by atoms with Crippen molar-refractivity contribution in [1.82, 2.24) is 15.5 Å². The number of hydrogen-bond donors (Lipinski definition) is 3. The summed E-state index contributed by atoms with van der Waals surface area (Å²) in [4.78, 5) is 21.6. The molecule has 1 rings (SSSR count). The van der Waals surface area contributed by atoms with Crippen LogP contribution in [0.15, 0.2) is 6.20 Å². The first-order valence-electron chi connectivity index (χ1n) is 5.71. The Labute approximate surface area is 153 Å². The molecule has 0 aliphatic rings. The van der Waals surface area contributed by atoms with Crippen LogP contribution < -0.4 is 61.8 Å². The van der Waals surface area contributed by atoms with Crippen molar-refractivity contribution in [2.24, 2.45) is 0 Å². The van der Waals surface area contributed by atoms with Crippen molar-refractivity contribution in [3.63, 3.8) is 0 Å². The smallest absolute Gasteiger partial charge is 0.550 e. The number of aliphatic hydroxyl groups is 1. The first-order valence-corrected chi connectivity index (χ1v) is 5.71. The van der Waals surface area contributed by atoms with E-state index in [0.29, 0.717) is 0 Å². The van der Waals surface area contributed by atoms with Crippen LogP contribution in [-0.2, 0) is 22.6 Å². The molecule has 0 fully saturated rings. The molecule has 0 aliphatic carbocycles. The number of aromatic amines is 1. The summed E-state index contributed by atoms with van der Waals surface area (Å²) >= 11 is 0. The molecule has 0 aromatic carbocycles. The van der Waals surface area contributed by atoms with Crippen LogP contribution in [0.1, 0.15) is 31.0 Å². The van der Waals surface area contributed by atoms with E-state index in [4.69, 9.17) is 0 Å². The van der Waals surface area contributed by atoms with Gasteiger partial charge in [-0.05, 0) is 24.8 Å². The number of H-pyrrole nitrogens is 1. The van der Waals surface area contributed by atoms with Crippen molar-refractivity contribution in [2.45, 2.75) is 38.8 Å². The second-order valence-electron chi connectivity index (χ2n) is 3.87. The summed E-state index contributed by atoms with van der Waals surface area (Å²) in [6.07, 6.45) is 0.621. The van der Waals surface area contributed by atoms with Crippen LogP contribution in [0.5, 0.6) is 0 Å². The number of carbonyl (C=O) groups is 2. The first kappa shape index (κ1) is 18.7. The fourth-order valence-corrected chi connectivity index (χ4v) is 1.47. The average molecular weight is 293 g/mol. The molecular formula is C11H16KN3O4. The SMILES string of the molecule is CCc1cn[nH]c1CNC(=O)[C@@H](O)CCC(=O)[O-].[K+]. The van der Waals surface area contributed by atoms with E-state index in [0.717, 1.165) is 17.7 Å². The number of carboxylic acid groups (broad SMARTS) is 1. The van der Waals surface area contributed by atoms with Gasteiger partial charge in [0.1, 0.15) is 6.10 Å². The number of aliphatic carboxylic acids is 1. The maximum atomic E-state index is 11.4. The summed E-state index contributed by atoms with van der Waals surface area (Å²) in [5.41, 5.74) is 1.76. The fourth-order valence-electron chi connectivity index (χ4n) is 1.47. The summed E-state index contributed by atoms with van der Waals surface area (Å²) in [7, 11) is 0. The Balaban J connectivity index is 0.00000324. The molecule has 1 atom stereocenters. The number of nitrogens with one attached hydrogen (secondary N) is 2. The molecule has 0 saturated carbocycles. The average Bonchev–Trinajstić information content (AvgIpc) is 2.80. The molecule has 0 aliphatic heterocycles. The van der Waals surface area contributed by atoms with Crippen molar-refractivity contribution < 1.29 is 71.2 Å². The van der Waals surface area contributed by atoms with Crippen LogP contribution in [0.3, 0.4) is 0 Å². The van der Waals surface area contributed by atoms with E-state index < -0.39 is 18.0 Å². The number of hydrogen-bond acceptors (Lipinski definition) is 5. The molecule has 0 bridgehead atoms. The van der Waals surface area contributed by atoms with Gasteiger partial charge < -0.3 is 20.3 Å². The van der Waals surface area contributed by atoms with E-state index in [-0.39, 0.29) is 70.8 Å². The molecule has 0 unspecified atom stereocenters. The predicted octanol–water partition coefficient (Wildman–Crippen LogP) is -4.52. The van der Waals surface area contributed by atoms with Crippen LogP contribution in [-0.4, -0.2) is 33.3 Å². The third-order valence-corrected chi connectivity index (χ3v) is 2.55. The van der Waals surface area contributed by atoms with Crippen LogP contribution in [0.25, 0.3) is 0 Å². The van der Waals surface area contributed by atoms with Gasteiger partial charge in [-0.25, -0.2) is 0 Å². The Bertz CT molecular complexity index is 422. The maximum Gasteiger partial charge on any atom is 1.00 e. The van der Waals surface area contributed by atoms with E-state index in [2.05, 4.69) is 15.5 Å². The number of aromatic nitrogens is 2. The van der Waals surface area contributed by atoms with Crippen LogP contribution >= 0.6 is 0 Å². The van der Waals surface area contributed by atoms with Gasteiger partial charge in [0.15, 0.2) is 0 Å². The Kier molecular flexibility index (Phi) is 9.49. The molecule has 8 heteroatoms. The molecule has 0 saturated heterocycles. The normalized spacial score (nSPS) is 11.5. The largest absolute Gasteiger partial charge is 1.00 e. The Morgan fingerprint density at radius 3 is 2.84 bits per heavy atom. The van der Waals surface area contributed by atoms with E-state index in [1.807, 2.05) is 6.92 Å². The van der Waals surface area contributed by atoms with Gasteiger partial charge in [-0.3, -0.25) is 9.89 Å². The number of rotatable bonds is 7. The molecule has 0 radical (unpaired) electrons. The van der Waals surface area contributed by atoms with E-state index in [1.165, 1.54) is 0 Å².